The minimum absolute atomic E-state index is 0.0525. The third-order valence-corrected chi connectivity index (χ3v) is 5.82. The van der Waals surface area contributed by atoms with E-state index in [0.717, 1.165) is 11.1 Å². The smallest absolute Gasteiger partial charge is 0.330 e. The molecule has 0 fully saturated rings. The van der Waals surface area contributed by atoms with E-state index in [1.54, 1.807) is 13.0 Å². The summed E-state index contributed by atoms with van der Waals surface area (Å²) in [6.07, 6.45) is 6.32. The van der Waals surface area contributed by atoms with E-state index >= 15 is 0 Å². The molecule has 2 amide bonds. The van der Waals surface area contributed by atoms with Crippen LogP contribution in [0.5, 0.6) is 0 Å². The number of carbonyl (C=O) groups excluding carboxylic acids is 3. The third-order valence-electron chi connectivity index (χ3n) is 5.82. The fourth-order valence-electron chi connectivity index (χ4n) is 3.86. The third kappa shape index (κ3) is 10.0. The Hall–Kier alpha value is -5.05. The van der Waals surface area contributed by atoms with Gasteiger partial charge in [0.25, 0.3) is 5.69 Å². The average Bonchev–Trinajstić information content (AvgIpc) is 2.96. The lowest BCUT2D eigenvalue weighted by molar-refractivity contribution is -0.384. The zero-order valence-electron chi connectivity index (χ0n) is 22.1. The highest BCUT2D eigenvalue weighted by molar-refractivity contribution is 5.95. The molecular weight excluding hydrogens is 510 g/mol. The number of nitrogens with zero attached hydrogens (tertiary/aromatic N) is 1. The van der Waals surface area contributed by atoms with Gasteiger partial charge in [-0.25, -0.2) is 4.79 Å². The van der Waals surface area contributed by atoms with Crippen LogP contribution in [-0.4, -0.2) is 41.4 Å². The van der Waals surface area contributed by atoms with E-state index in [9.17, 15) is 24.5 Å². The summed E-state index contributed by atoms with van der Waals surface area (Å²) in [6, 6.07) is 23.1. The van der Waals surface area contributed by atoms with Crippen LogP contribution in [0.1, 0.15) is 23.6 Å². The molecule has 0 spiro atoms. The molecule has 3 rings (SSSR count). The molecule has 0 saturated carbocycles. The first-order valence-electron chi connectivity index (χ1n) is 12.8. The molecule has 0 aromatic heterocycles. The summed E-state index contributed by atoms with van der Waals surface area (Å²) in [4.78, 5) is 48.5. The fraction of sp³-hybridized carbons (Fsp3) is 0.194. The van der Waals surface area contributed by atoms with Gasteiger partial charge in [0.2, 0.25) is 11.8 Å². The molecule has 2 N–H and O–H groups in total. The fourth-order valence-corrected chi connectivity index (χ4v) is 3.86. The summed E-state index contributed by atoms with van der Waals surface area (Å²) in [6.45, 7) is 1.94. The molecule has 9 nitrogen and oxygen atoms in total. The van der Waals surface area contributed by atoms with E-state index in [1.165, 1.54) is 42.5 Å². The summed E-state index contributed by atoms with van der Waals surface area (Å²) in [5.41, 5.74) is 2.35. The van der Waals surface area contributed by atoms with Gasteiger partial charge in [-0.15, -0.1) is 0 Å². The lowest BCUT2D eigenvalue weighted by Crippen LogP contribution is -2.50. The first-order valence-corrected chi connectivity index (χ1v) is 12.8. The molecule has 0 aliphatic carbocycles. The Labute approximate surface area is 232 Å². The van der Waals surface area contributed by atoms with Crippen LogP contribution in [0.15, 0.2) is 103 Å². The number of esters is 1. The summed E-state index contributed by atoms with van der Waals surface area (Å²) < 4.78 is 4.97. The van der Waals surface area contributed by atoms with Crippen LogP contribution in [0.4, 0.5) is 5.69 Å². The maximum absolute atomic E-state index is 13.5. The van der Waals surface area contributed by atoms with E-state index < -0.39 is 34.8 Å². The maximum Gasteiger partial charge on any atom is 0.330 e. The molecule has 0 radical (unpaired) electrons. The van der Waals surface area contributed by atoms with Crippen molar-refractivity contribution in [3.05, 3.63) is 130 Å². The largest absolute Gasteiger partial charge is 0.463 e. The number of nitrogens with one attached hydrogen (secondary N) is 2. The van der Waals surface area contributed by atoms with Gasteiger partial charge in [-0.2, -0.15) is 0 Å². The number of non-ortho nitro benzene ring substituents is 1. The number of benzene rings is 3. The van der Waals surface area contributed by atoms with Crippen molar-refractivity contribution in [1.29, 1.82) is 0 Å². The van der Waals surface area contributed by atoms with Gasteiger partial charge in [0.15, 0.2) is 0 Å². The highest BCUT2D eigenvalue weighted by atomic mass is 16.6. The normalized spacial score (nSPS) is 12.5. The van der Waals surface area contributed by atoms with Gasteiger partial charge in [-0.3, -0.25) is 19.7 Å². The van der Waals surface area contributed by atoms with Crippen LogP contribution < -0.4 is 10.6 Å². The quantitative estimate of drug-likeness (QED) is 0.145. The highest BCUT2D eigenvalue weighted by Crippen LogP contribution is 2.13. The average molecular weight is 542 g/mol. The monoisotopic (exact) mass is 541 g/mol. The molecular formula is C31H31N3O6. The molecule has 0 aliphatic heterocycles. The van der Waals surface area contributed by atoms with E-state index in [0.29, 0.717) is 12.0 Å². The van der Waals surface area contributed by atoms with Gasteiger partial charge in [0.1, 0.15) is 6.04 Å². The zero-order valence-corrected chi connectivity index (χ0v) is 22.1. The molecule has 0 heterocycles. The summed E-state index contributed by atoms with van der Waals surface area (Å²) in [5, 5.41) is 16.6. The predicted molar refractivity (Wildman–Crippen MR) is 152 cm³/mol. The van der Waals surface area contributed by atoms with Crippen LogP contribution in [0.3, 0.4) is 0 Å². The van der Waals surface area contributed by atoms with Gasteiger partial charge in [-0.1, -0.05) is 66.7 Å². The standard InChI is InChI=1S/C31H31N3O6/c1-2-40-30(36)20-16-26(21-24-9-5-3-6-10-24)32-31(37)28(22-25-11-7-4-8-12-25)33-29(35)19-15-23-13-17-27(18-14-23)34(38)39/h3-20,26,28H,2,21-22H2,1H3,(H,32,37)(H,33,35)/b19-15+,20-16+/t26-,28+/m1/s1. The second kappa shape index (κ2) is 15.4. The van der Waals surface area contributed by atoms with Crippen molar-refractivity contribution in [1.82, 2.24) is 10.6 Å². The van der Waals surface area contributed by atoms with Crippen LogP contribution in [-0.2, 0) is 32.0 Å². The number of hydrogen-bond donors (Lipinski definition) is 2. The zero-order chi connectivity index (χ0) is 28.7. The Morgan fingerprint density at radius 1 is 0.850 bits per heavy atom. The van der Waals surface area contributed by atoms with Gasteiger partial charge < -0.3 is 15.4 Å². The number of ether oxygens (including phenoxy) is 1. The number of nitro benzene ring substituents is 1. The predicted octanol–water partition coefficient (Wildman–Crippen LogP) is 4.18. The molecule has 0 unspecified atom stereocenters. The van der Waals surface area contributed by atoms with Crippen molar-refractivity contribution < 1.29 is 24.0 Å². The van der Waals surface area contributed by atoms with E-state index in [-0.39, 0.29) is 18.7 Å². The topological polar surface area (TPSA) is 128 Å². The van der Waals surface area contributed by atoms with Crippen LogP contribution >= 0.6 is 0 Å². The Balaban J connectivity index is 1.76. The van der Waals surface area contributed by atoms with Gasteiger partial charge in [-0.05, 0) is 48.2 Å². The lowest BCUT2D eigenvalue weighted by Gasteiger charge is -2.22. The Morgan fingerprint density at radius 3 is 2.02 bits per heavy atom. The van der Waals surface area contributed by atoms with Gasteiger partial charge in [0, 0.05) is 30.7 Å². The molecule has 3 aromatic carbocycles. The molecule has 0 aliphatic rings. The second-order valence-electron chi connectivity index (χ2n) is 8.85. The van der Waals surface area contributed by atoms with Crippen molar-refractivity contribution in [2.24, 2.45) is 0 Å². The van der Waals surface area contributed by atoms with Crippen molar-refractivity contribution in [3.63, 3.8) is 0 Å². The van der Waals surface area contributed by atoms with Crippen LogP contribution in [0.2, 0.25) is 0 Å². The van der Waals surface area contributed by atoms with Crippen molar-refractivity contribution >= 4 is 29.5 Å². The number of rotatable bonds is 13. The van der Waals surface area contributed by atoms with E-state index in [4.69, 9.17) is 4.74 Å². The minimum atomic E-state index is -0.911. The Kier molecular flexibility index (Phi) is 11.3. The number of carbonyl (C=O) groups is 3. The van der Waals surface area contributed by atoms with Crippen molar-refractivity contribution in [2.45, 2.75) is 31.8 Å². The molecule has 206 valence electrons. The molecule has 0 bridgehead atoms. The highest BCUT2D eigenvalue weighted by Gasteiger charge is 2.23. The van der Waals surface area contributed by atoms with Crippen molar-refractivity contribution in [3.8, 4) is 0 Å². The molecule has 40 heavy (non-hydrogen) atoms. The molecule has 2 atom stereocenters. The summed E-state index contributed by atoms with van der Waals surface area (Å²) in [5.74, 6) is -1.44. The summed E-state index contributed by atoms with van der Waals surface area (Å²) >= 11 is 0. The molecule has 3 aromatic rings. The lowest BCUT2D eigenvalue weighted by atomic mass is 10.0. The Bertz CT molecular complexity index is 1340. The number of amides is 2. The van der Waals surface area contributed by atoms with Gasteiger partial charge in [0.05, 0.1) is 17.6 Å². The SMILES string of the molecule is CCOC(=O)/C=C/[C@H](Cc1ccccc1)NC(=O)[C@H](Cc1ccccc1)NC(=O)/C=C/c1ccc([N+](=O)[O-])cc1. The molecule has 9 heteroatoms. The number of nitro groups is 1. The number of hydrogen-bond acceptors (Lipinski definition) is 6. The maximum atomic E-state index is 13.5. The minimum Gasteiger partial charge on any atom is -0.463 e. The second-order valence-corrected chi connectivity index (χ2v) is 8.85. The summed E-state index contributed by atoms with van der Waals surface area (Å²) in [7, 11) is 0. The Morgan fingerprint density at radius 2 is 1.45 bits per heavy atom. The van der Waals surface area contributed by atoms with Crippen molar-refractivity contribution in [2.75, 3.05) is 6.61 Å². The first-order chi connectivity index (χ1) is 19.3. The van der Waals surface area contributed by atoms with Crippen LogP contribution in [0, 0.1) is 10.1 Å². The molecule has 0 saturated heterocycles. The van der Waals surface area contributed by atoms with E-state index in [2.05, 4.69) is 10.6 Å². The van der Waals surface area contributed by atoms with E-state index in [1.807, 2.05) is 60.7 Å². The van der Waals surface area contributed by atoms with Crippen LogP contribution in [0.25, 0.3) is 6.08 Å². The van der Waals surface area contributed by atoms with Gasteiger partial charge >= 0.3 is 5.97 Å². The first kappa shape index (κ1) is 29.5.